The van der Waals surface area contributed by atoms with Crippen LogP contribution in [-0.2, 0) is 6.54 Å². The highest BCUT2D eigenvalue weighted by Crippen LogP contribution is 2.28. The van der Waals surface area contributed by atoms with Gasteiger partial charge in [0, 0.05) is 18.4 Å². The Morgan fingerprint density at radius 2 is 1.93 bits per heavy atom. The number of benzene rings is 1. The number of hydrogen-bond donors (Lipinski definition) is 0. The van der Waals surface area contributed by atoms with E-state index < -0.39 is 6.17 Å². The highest BCUT2D eigenvalue weighted by Gasteiger charge is 2.32. The second-order valence-electron chi connectivity index (χ2n) is 6.87. The topological polar surface area (TPSA) is 54.3 Å². The Labute approximate surface area is 155 Å². The zero-order chi connectivity index (χ0) is 18.4. The van der Waals surface area contributed by atoms with Crippen molar-refractivity contribution in [2.45, 2.75) is 19.1 Å². The Hall–Kier alpha value is -3.22. The summed E-state index contributed by atoms with van der Waals surface area (Å²) < 4.78 is 15.1. The molecule has 0 bridgehead atoms. The maximum atomic E-state index is 13.4. The lowest BCUT2D eigenvalue weighted by molar-refractivity contribution is 0.0996. The van der Waals surface area contributed by atoms with Gasteiger partial charge in [-0.05, 0) is 30.7 Å². The van der Waals surface area contributed by atoms with Crippen LogP contribution in [0, 0.1) is 0 Å². The Balaban J connectivity index is 1.37. The maximum Gasteiger partial charge on any atom is 0.262 e. The lowest BCUT2D eigenvalue weighted by Gasteiger charge is -2.17. The molecule has 7 heteroatoms. The molecule has 1 saturated heterocycles. The molecule has 2 aromatic heterocycles. The molecule has 6 nitrogen and oxygen atoms in total. The molecule has 1 amide bonds. The fourth-order valence-electron chi connectivity index (χ4n) is 3.65. The van der Waals surface area contributed by atoms with Crippen LogP contribution in [0.3, 0.4) is 0 Å². The summed E-state index contributed by atoms with van der Waals surface area (Å²) in [4.78, 5) is 20.8. The van der Waals surface area contributed by atoms with E-state index in [-0.39, 0.29) is 5.91 Å². The molecule has 27 heavy (non-hydrogen) atoms. The van der Waals surface area contributed by atoms with Crippen molar-refractivity contribution in [2.75, 3.05) is 22.9 Å². The normalized spacial score (nSPS) is 19.0. The van der Waals surface area contributed by atoms with Crippen LogP contribution in [0.1, 0.15) is 22.5 Å². The fraction of sp³-hybridized carbons (Fsp3) is 0.250. The predicted octanol–water partition coefficient (Wildman–Crippen LogP) is 2.98. The van der Waals surface area contributed by atoms with Crippen molar-refractivity contribution in [3.05, 3.63) is 66.1 Å². The summed E-state index contributed by atoms with van der Waals surface area (Å²) in [7, 11) is 0. The number of carbonyl (C=O) groups excluding carboxylic acids is 1. The number of halogens is 1. The van der Waals surface area contributed by atoms with Gasteiger partial charge in [0.2, 0.25) is 0 Å². The molecule has 2 aliphatic rings. The van der Waals surface area contributed by atoms with Gasteiger partial charge in [0.1, 0.15) is 12.0 Å². The predicted molar refractivity (Wildman–Crippen MR) is 100 cm³/mol. The van der Waals surface area contributed by atoms with Gasteiger partial charge in [-0.2, -0.15) is 5.10 Å². The lowest BCUT2D eigenvalue weighted by Crippen LogP contribution is -2.23. The minimum atomic E-state index is -0.779. The molecule has 1 fully saturated rings. The first-order chi connectivity index (χ1) is 13.2. The van der Waals surface area contributed by atoms with E-state index in [0.717, 1.165) is 22.9 Å². The van der Waals surface area contributed by atoms with Crippen LogP contribution >= 0.6 is 0 Å². The Morgan fingerprint density at radius 1 is 1.07 bits per heavy atom. The van der Waals surface area contributed by atoms with E-state index in [9.17, 15) is 9.18 Å². The van der Waals surface area contributed by atoms with Gasteiger partial charge in [-0.15, -0.1) is 0 Å². The number of para-hydroxylation sites is 1. The lowest BCUT2D eigenvalue weighted by atomic mass is 10.3. The molecule has 1 atom stereocenters. The molecule has 5 rings (SSSR count). The van der Waals surface area contributed by atoms with Crippen molar-refractivity contribution >= 4 is 17.4 Å². The van der Waals surface area contributed by atoms with Crippen LogP contribution in [0.4, 0.5) is 15.9 Å². The smallest absolute Gasteiger partial charge is 0.262 e. The van der Waals surface area contributed by atoms with Gasteiger partial charge in [0.25, 0.3) is 5.91 Å². The average molecular weight is 363 g/mol. The van der Waals surface area contributed by atoms with Crippen LogP contribution in [0.25, 0.3) is 5.69 Å². The molecule has 4 heterocycles. The highest BCUT2D eigenvalue weighted by atomic mass is 19.1. The van der Waals surface area contributed by atoms with Crippen molar-refractivity contribution in [3.8, 4) is 5.69 Å². The van der Waals surface area contributed by atoms with Crippen LogP contribution < -0.4 is 9.80 Å². The van der Waals surface area contributed by atoms with Crippen molar-refractivity contribution in [1.82, 2.24) is 14.8 Å². The maximum absolute atomic E-state index is 13.4. The molecule has 136 valence electrons. The average Bonchev–Trinajstić information content (AvgIpc) is 3.39. The molecule has 0 saturated carbocycles. The molecular weight excluding hydrogens is 345 g/mol. The Morgan fingerprint density at radius 3 is 2.59 bits per heavy atom. The van der Waals surface area contributed by atoms with Crippen molar-refractivity contribution < 1.29 is 9.18 Å². The van der Waals surface area contributed by atoms with Crippen LogP contribution in [0.2, 0.25) is 0 Å². The first-order valence-corrected chi connectivity index (χ1v) is 9.00. The van der Waals surface area contributed by atoms with Gasteiger partial charge in [-0.3, -0.25) is 4.79 Å². The van der Waals surface area contributed by atoms with Crippen LogP contribution in [-0.4, -0.2) is 39.9 Å². The molecule has 0 N–H and O–H groups in total. The van der Waals surface area contributed by atoms with E-state index in [1.54, 1.807) is 22.0 Å². The monoisotopic (exact) mass is 363 g/mol. The van der Waals surface area contributed by atoms with Crippen molar-refractivity contribution in [3.63, 3.8) is 0 Å². The Bertz CT molecular complexity index is 985. The largest absolute Gasteiger partial charge is 0.354 e. The summed E-state index contributed by atoms with van der Waals surface area (Å²) in [5, 5.41) is 4.57. The zero-order valence-electron chi connectivity index (χ0n) is 14.6. The number of hydrogen-bond acceptors (Lipinski definition) is 4. The van der Waals surface area contributed by atoms with Crippen LogP contribution in [0.5, 0.6) is 0 Å². The van der Waals surface area contributed by atoms with Crippen LogP contribution in [0.15, 0.2) is 54.9 Å². The third kappa shape index (κ3) is 2.75. The number of anilines is 2. The summed E-state index contributed by atoms with van der Waals surface area (Å²) in [6.45, 7) is 1.54. The second kappa shape index (κ2) is 6.19. The van der Waals surface area contributed by atoms with Gasteiger partial charge < -0.3 is 9.80 Å². The summed E-state index contributed by atoms with van der Waals surface area (Å²) in [5.74, 6) is 0.725. The standard InChI is InChI=1S/C20H18FN5O/c21-14-8-9-24(11-14)19-7-6-16(10-22-19)26-12-17-18(23-26)13-25(20(17)27)15-4-2-1-3-5-15/h1-7,10,12,14H,8-9,11,13H2/t14-/m0/s1. The number of aromatic nitrogens is 3. The number of fused-ring (bicyclic) bond motifs is 1. The molecule has 3 aromatic rings. The number of carbonyl (C=O) groups is 1. The molecule has 0 aliphatic carbocycles. The third-order valence-corrected chi connectivity index (χ3v) is 5.09. The van der Waals surface area contributed by atoms with E-state index in [2.05, 4.69) is 10.1 Å². The fourth-order valence-corrected chi connectivity index (χ4v) is 3.65. The third-order valence-electron chi connectivity index (χ3n) is 5.09. The molecule has 0 radical (unpaired) electrons. The molecule has 1 aromatic carbocycles. The molecule has 2 aliphatic heterocycles. The van der Waals surface area contributed by atoms with Gasteiger partial charge in [-0.25, -0.2) is 14.1 Å². The molecule has 0 spiro atoms. The number of pyridine rings is 1. The van der Waals surface area contributed by atoms with Gasteiger partial charge in [-0.1, -0.05) is 18.2 Å². The molecular formula is C20H18FN5O. The number of rotatable bonds is 3. The summed E-state index contributed by atoms with van der Waals surface area (Å²) >= 11 is 0. The summed E-state index contributed by atoms with van der Waals surface area (Å²) in [6.07, 6.45) is 3.24. The summed E-state index contributed by atoms with van der Waals surface area (Å²) in [5.41, 5.74) is 3.02. The van der Waals surface area contributed by atoms with Crippen molar-refractivity contribution in [1.29, 1.82) is 0 Å². The molecule has 0 unspecified atom stereocenters. The Kier molecular flexibility index (Phi) is 3.67. The highest BCUT2D eigenvalue weighted by molar-refractivity contribution is 6.09. The minimum Gasteiger partial charge on any atom is -0.354 e. The zero-order valence-corrected chi connectivity index (χ0v) is 14.6. The SMILES string of the molecule is O=C1c2cn(-c3ccc(N4CC[C@H](F)C4)nc3)nc2CN1c1ccccc1. The van der Waals surface area contributed by atoms with E-state index in [1.807, 2.05) is 47.4 Å². The van der Waals surface area contributed by atoms with E-state index >= 15 is 0 Å². The first-order valence-electron chi connectivity index (χ1n) is 9.00. The van der Waals surface area contributed by atoms with Gasteiger partial charge in [0.15, 0.2) is 0 Å². The first kappa shape index (κ1) is 16.0. The van der Waals surface area contributed by atoms with E-state index in [4.69, 9.17) is 0 Å². The van der Waals surface area contributed by atoms with E-state index in [1.165, 1.54) is 0 Å². The van der Waals surface area contributed by atoms with Gasteiger partial charge in [0.05, 0.1) is 36.2 Å². The van der Waals surface area contributed by atoms with Gasteiger partial charge >= 0.3 is 0 Å². The summed E-state index contributed by atoms with van der Waals surface area (Å²) in [6, 6.07) is 13.4. The minimum absolute atomic E-state index is 0.0434. The quantitative estimate of drug-likeness (QED) is 0.718. The number of amides is 1. The number of alkyl halides is 1. The second-order valence-corrected chi connectivity index (χ2v) is 6.87. The number of nitrogens with zero attached hydrogens (tertiary/aromatic N) is 5. The van der Waals surface area contributed by atoms with E-state index in [0.29, 0.717) is 31.6 Å². The van der Waals surface area contributed by atoms with Crippen molar-refractivity contribution in [2.24, 2.45) is 0 Å².